The predicted octanol–water partition coefficient (Wildman–Crippen LogP) is 3.71. The standard InChI is InChI=1S/C22H22FN5O/c23-16-11-27(12-16)22-24-8-7-18-20(21(26-28(18)22)13-3-1-2-4-13)14-5-6-17-15(9-14)10-19(29)25-17/h5-9,13,16H,1-4,10-12H2,(H,25,29). The number of carbonyl (C=O) groups is 1. The molecule has 6 rings (SSSR count). The Kier molecular flexibility index (Phi) is 3.66. The van der Waals surface area contributed by atoms with Crippen LogP contribution >= 0.6 is 0 Å². The number of aromatic nitrogens is 3. The monoisotopic (exact) mass is 391 g/mol. The van der Waals surface area contributed by atoms with Gasteiger partial charge in [-0.2, -0.15) is 9.61 Å². The maximum Gasteiger partial charge on any atom is 0.228 e. The summed E-state index contributed by atoms with van der Waals surface area (Å²) in [6, 6.07) is 8.17. The molecular formula is C22H22FN5O. The second-order valence-corrected chi connectivity index (χ2v) is 8.38. The molecule has 1 saturated carbocycles. The molecule has 2 fully saturated rings. The van der Waals surface area contributed by atoms with Crippen LogP contribution in [-0.2, 0) is 11.2 Å². The van der Waals surface area contributed by atoms with Crippen molar-refractivity contribution in [2.75, 3.05) is 23.3 Å². The maximum atomic E-state index is 13.5. The van der Waals surface area contributed by atoms with Crippen LogP contribution < -0.4 is 10.2 Å². The van der Waals surface area contributed by atoms with Crippen LogP contribution in [0.15, 0.2) is 30.5 Å². The minimum absolute atomic E-state index is 0.0399. The number of carbonyl (C=O) groups excluding carboxylic acids is 1. The molecule has 0 unspecified atom stereocenters. The smallest absolute Gasteiger partial charge is 0.228 e. The van der Waals surface area contributed by atoms with E-state index in [2.05, 4.69) is 22.4 Å². The fourth-order valence-electron chi connectivity index (χ4n) is 4.95. The molecule has 2 aliphatic heterocycles. The fraction of sp³-hybridized carbons (Fsp3) is 0.409. The molecule has 3 aromatic rings. The maximum absolute atomic E-state index is 13.5. The summed E-state index contributed by atoms with van der Waals surface area (Å²) >= 11 is 0. The van der Waals surface area contributed by atoms with Crippen molar-refractivity contribution in [3.05, 3.63) is 41.7 Å². The van der Waals surface area contributed by atoms with Crippen molar-refractivity contribution in [2.45, 2.75) is 44.2 Å². The number of fused-ring (bicyclic) bond motifs is 2. The largest absolute Gasteiger partial charge is 0.335 e. The number of amides is 1. The highest BCUT2D eigenvalue weighted by Crippen LogP contribution is 2.42. The summed E-state index contributed by atoms with van der Waals surface area (Å²) in [7, 11) is 0. The molecule has 4 heterocycles. The van der Waals surface area contributed by atoms with Crippen LogP contribution in [0.1, 0.15) is 42.9 Å². The van der Waals surface area contributed by atoms with Crippen molar-refractivity contribution < 1.29 is 9.18 Å². The van der Waals surface area contributed by atoms with Gasteiger partial charge in [-0.1, -0.05) is 18.9 Å². The van der Waals surface area contributed by atoms with Crippen LogP contribution in [0, 0.1) is 0 Å². The Bertz CT molecular complexity index is 1130. The molecule has 1 N–H and O–H groups in total. The average molecular weight is 391 g/mol. The second-order valence-electron chi connectivity index (χ2n) is 8.38. The van der Waals surface area contributed by atoms with Crippen molar-refractivity contribution >= 4 is 23.1 Å². The molecule has 0 atom stereocenters. The molecule has 1 aromatic carbocycles. The molecule has 0 radical (unpaired) electrons. The van der Waals surface area contributed by atoms with E-state index in [1.807, 2.05) is 21.5 Å². The highest BCUT2D eigenvalue weighted by Gasteiger charge is 2.32. The third-order valence-corrected chi connectivity index (χ3v) is 6.44. The summed E-state index contributed by atoms with van der Waals surface area (Å²) in [6.07, 6.45) is 6.14. The first-order valence-corrected chi connectivity index (χ1v) is 10.4. The van der Waals surface area contributed by atoms with Gasteiger partial charge in [0, 0.05) is 23.4 Å². The number of rotatable bonds is 3. The first-order chi connectivity index (χ1) is 14.2. The summed E-state index contributed by atoms with van der Waals surface area (Å²) in [5, 5.41) is 7.92. The molecule has 3 aliphatic rings. The first-order valence-electron chi connectivity index (χ1n) is 10.4. The van der Waals surface area contributed by atoms with Crippen molar-refractivity contribution in [3.8, 4) is 11.1 Å². The van der Waals surface area contributed by atoms with Crippen LogP contribution in [0.2, 0.25) is 0 Å². The van der Waals surface area contributed by atoms with Crippen LogP contribution in [0.25, 0.3) is 16.6 Å². The number of hydrogen-bond acceptors (Lipinski definition) is 4. The van der Waals surface area contributed by atoms with Crippen molar-refractivity contribution in [2.24, 2.45) is 0 Å². The zero-order valence-electron chi connectivity index (χ0n) is 16.1. The van der Waals surface area contributed by atoms with E-state index >= 15 is 0 Å². The zero-order valence-corrected chi connectivity index (χ0v) is 16.1. The Labute approximate surface area is 167 Å². The molecule has 1 saturated heterocycles. The lowest BCUT2D eigenvalue weighted by atomic mass is 9.93. The van der Waals surface area contributed by atoms with Crippen LogP contribution in [0.3, 0.4) is 0 Å². The minimum Gasteiger partial charge on any atom is -0.335 e. The lowest BCUT2D eigenvalue weighted by Gasteiger charge is -2.34. The Morgan fingerprint density at radius 3 is 2.76 bits per heavy atom. The SMILES string of the molecule is O=C1Cc2cc(-c3c(C4CCCC4)nn4c(N5CC(F)C5)nccc34)ccc2N1. The molecule has 1 amide bonds. The van der Waals surface area contributed by atoms with E-state index in [1.165, 1.54) is 12.8 Å². The molecule has 1 aliphatic carbocycles. The van der Waals surface area contributed by atoms with Gasteiger partial charge in [-0.25, -0.2) is 9.37 Å². The fourth-order valence-corrected chi connectivity index (χ4v) is 4.95. The van der Waals surface area contributed by atoms with Gasteiger partial charge in [-0.05, 0) is 42.2 Å². The Hall–Kier alpha value is -2.96. The van der Waals surface area contributed by atoms with Crippen molar-refractivity contribution in [1.29, 1.82) is 0 Å². The molecule has 0 spiro atoms. The van der Waals surface area contributed by atoms with E-state index in [9.17, 15) is 9.18 Å². The topological polar surface area (TPSA) is 62.5 Å². The lowest BCUT2D eigenvalue weighted by Crippen LogP contribution is -2.49. The number of hydrogen-bond donors (Lipinski definition) is 1. The van der Waals surface area contributed by atoms with E-state index in [1.54, 1.807) is 6.20 Å². The van der Waals surface area contributed by atoms with Gasteiger partial charge < -0.3 is 10.2 Å². The quantitative estimate of drug-likeness (QED) is 0.739. The molecule has 0 bridgehead atoms. The molecule has 148 valence electrons. The van der Waals surface area contributed by atoms with E-state index in [0.717, 1.165) is 46.4 Å². The average Bonchev–Trinajstić information content (AvgIpc) is 3.41. The van der Waals surface area contributed by atoms with E-state index in [-0.39, 0.29) is 5.91 Å². The summed E-state index contributed by atoms with van der Waals surface area (Å²) in [5.74, 6) is 1.18. The van der Waals surface area contributed by atoms with Gasteiger partial charge in [-0.15, -0.1) is 0 Å². The third-order valence-electron chi connectivity index (χ3n) is 6.44. The summed E-state index contributed by atoms with van der Waals surface area (Å²) in [4.78, 5) is 18.3. The first kappa shape index (κ1) is 16.9. The van der Waals surface area contributed by atoms with Gasteiger partial charge >= 0.3 is 0 Å². The normalized spacial score (nSPS) is 19.6. The molecule has 29 heavy (non-hydrogen) atoms. The van der Waals surface area contributed by atoms with Gasteiger partial charge in [0.25, 0.3) is 0 Å². The Morgan fingerprint density at radius 2 is 1.97 bits per heavy atom. The molecule has 7 heteroatoms. The second kappa shape index (κ2) is 6.27. The van der Waals surface area contributed by atoms with E-state index in [0.29, 0.717) is 31.4 Å². The molecule has 6 nitrogen and oxygen atoms in total. The number of nitrogens with one attached hydrogen (secondary N) is 1. The molecule has 2 aromatic heterocycles. The van der Waals surface area contributed by atoms with Crippen molar-refractivity contribution in [3.63, 3.8) is 0 Å². The van der Waals surface area contributed by atoms with E-state index in [4.69, 9.17) is 5.10 Å². The van der Waals surface area contributed by atoms with Gasteiger partial charge in [-0.3, -0.25) is 4.79 Å². The number of nitrogens with zero attached hydrogens (tertiary/aromatic N) is 4. The summed E-state index contributed by atoms with van der Waals surface area (Å²) < 4.78 is 15.4. The number of benzene rings is 1. The van der Waals surface area contributed by atoms with Crippen LogP contribution in [0.4, 0.5) is 16.0 Å². The van der Waals surface area contributed by atoms with E-state index < -0.39 is 6.17 Å². The number of halogens is 1. The summed E-state index contributed by atoms with van der Waals surface area (Å²) in [5.41, 5.74) is 6.24. The van der Waals surface area contributed by atoms with Gasteiger partial charge in [0.15, 0.2) is 0 Å². The number of anilines is 2. The Balaban J connectivity index is 1.54. The highest BCUT2D eigenvalue weighted by atomic mass is 19.1. The summed E-state index contributed by atoms with van der Waals surface area (Å²) in [6.45, 7) is 0.736. The zero-order chi connectivity index (χ0) is 19.5. The molecular weight excluding hydrogens is 369 g/mol. The minimum atomic E-state index is -0.793. The van der Waals surface area contributed by atoms with Gasteiger partial charge in [0.2, 0.25) is 11.9 Å². The predicted molar refractivity (Wildman–Crippen MR) is 109 cm³/mol. The lowest BCUT2D eigenvalue weighted by molar-refractivity contribution is -0.115. The van der Waals surface area contributed by atoms with Crippen LogP contribution in [0.5, 0.6) is 0 Å². The van der Waals surface area contributed by atoms with Crippen molar-refractivity contribution in [1.82, 2.24) is 14.6 Å². The third kappa shape index (κ3) is 2.63. The van der Waals surface area contributed by atoms with Crippen LogP contribution in [-0.4, -0.2) is 39.8 Å². The van der Waals surface area contributed by atoms with Gasteiger partial charge in [0.1, 0.15) is 6.17 Å². The van der Waals surface area contributed by atoms with Gasteiger partial charge in [0.05, 0.1) is 30.7 Å². The Morgan fingerprint density at radius 1 is 1.14 bits per heavy atom. The number of alkyl halides is 1. The highest BCUT2D eigenvalue weighted by molar-refractivity contribution is 6.00.